The Hall–Kier alpha value is -3.62. The highest BCUT2D eigenvalue weighted by molar-refractivity contribution is 6.03. The minimum Gasteiger partial charge on any atom is -0.335 e. The first-order valence-electron chi connectivity index (χ1n) is 10.8. The number of nitrogens with one attached hydrogen (secondary N) is 3. The number of hydrogen-bond donors (Lipinski definition) is 3. The van der Waals surface area contributed by atoms with Crippen LogP contribution in [0.5, 0.6) is 0 Å². The first kappa shape index (κ1) is 20.3. The standard InChI is InChI=1S/C23H27N7O2/c1-13-10-18(29(4)28-13)21(31)25-20-16-12-30(23(2,3)19(16)26-27-20)22(32)24-17-11-15(17)14-8-6-5-7-9-14/h5-10,15,17H,11-12H2,1-4H3,(H,24,32)(H2,25,26,27,31)/t15-,17+/m0/s1. The van der Waals surface area contributed by atoms with Crippen molar-refractivity contribution in [2.75, 3.05) is 5.32 Å². The molecule has 3 N–H and O–H groups in total. The van der Waals surface area contributed by atoms with Gasteiger partial charge in [0.25, 0.3) is 5.91 Å². The van der Waals surface area contributed by atoms with Crippen LogP contribution in [0.25, 0.3) is 0 Å². The zero-order valence-corrected chi connectivity index (χ0v) is 18.6. The van der Waals surface area contributed by atoms with E-state index in [1.54, 1.807) is 22.7 Å². The fourth-order valence-corrected chi connectivity index (χ4v) is 4.60. The molecule has 1 aromatic carbocycles. The average Bonchev–Trinajstić information content (AvgIpc) is 3.11. The number of carbonyl (C=O) groups excluding carboxylic acids is 2. The van der Waals surface area contributed by atoms with Crippen LogP contribution in [0.3, 0.4) is 0 Å². The molecule has 3 amide bonds. The minimum absolute atomic E-state index is 0.109. The summed E-state index contributed by atoms with van der Waals surface area (Å²) in [7, 11) is 1.73. The smallest absolute Gasteiger partial charge is 0.318 e. The SMILES string of the molecule is Cc1cc(C(=O)Nc2n[nH]c3c2CN(C(=O)N[C@@H]2C[C@H]2c2ccccc2)C3(C)C)n(C)n1. The van der Waals surface area contributed by atoms with Gasteiger partial charge in [0, 0.05) is 24.6 Å². The van der Waals surface area contributed by atoms with Crippen LogP contribution < -0.4 is 10.6 Å². The maximum Gasteiger partial charge on any atom is 0.318 e. The number of aryl methyl sites for hydroxylation is 2. The lowest BCUT2D eigenvalue weighted by Gasteiger charge is -2.32. The molecule has 2 aromatic heterocycles. The van der Waals surface area contributed by atoms with Crippen molar-refractivity contribution in [3.8, 4) is 0 Å². The Bertz CT molecular complexity index is 1190. The molecule has 9 heteroatoms. The van der Waals surface area contributed by atoms with Crippen LogP contribution in [0.15, 0.2) is 36.4 Å². The predicted molar refractivity (Wildman–Crippen MR) is 119 cm³/mol. The number of hydrogen-bond acceptors (Lipinski definition) is 4. The number of amides is 3. The third-order valence-corrected chi connectivity index (χ3v) is 6.51. The Morgan fingerprint density at radius 1 is 1.22 bits per heavy atom. The molecule has 166 valence electrons. The van der Waals surface area contributed by atoms with Crippen molar-refractivity contribution in [2.24, 2.45) is 7.05 Å². The van der Waals surface area contributed by atoms with Gasteiger partial charge in [0.1, 0.15) is 5.69 Å². The second-order valence-corrected chi connectivity index (χ2v) is 9.13. The number of anilines is 1. The lowest BCUT2D eigenvalue weighted by Crippen LogP contribution is -2.47. The van der Waals surface area contributed by atoms with Crippen molar-refractivity contribution in [2.45, 2.75) is 51.2 Å². The number of benzene rings is 1. The lowest BCUT2D eigenvalue weighted by atomic mass is 10.0. The second-order valence-electron chi connectivity index (χ2n) is 9.13. The Morgan fingerprint density at radius 3 is 2.66 bits per heavy atom. The largest absolute Gasteiger partial charge is 0.335 e. The van der Waals surface area contributed by atoms with Crippen LogP contribution in [0.4, 0.5) is 10.6 Å². The van der Waals surface area contributed by atoms with Crippen molar-refractivity contribution in [1.82, 2.24) is 30.2 Å². The van der Waals surface area contributed by atoms with E-state index in [-0.39, 0.29) is 18.0 Å². The first-order chi connectivity index (χ1) is 15.3. The van der Waals surface area contributed by atoms with Gasteiger partial charge in [-0.1, -0.05) is 30.3 Å². The highest BCUT2D eigenvalue weighted by Crippen LogP contribution is 2.43. The maximum atomic E-state index is 13.1. The molecule has 0 radical (unpaired) electrons. The van der Waals surface area contributed by atoms with Gasteiger partial charge in [-0.2, -0.15) is 10.2 Å². The second kappa shape index (κ2) is 7.22. The monoisotopic (exact) mass is 433 g/mol. The van der Waals surface area contributed by atoms with E-state index in [9.17, 15) is 9.59 Å². The van der Waals surface area contributed by atoms with E-state index in [0.717, 1.165) is 23.4 Å². The van der Waals surface area contributed by atoms with E-state index in [1.165, 1.54) is 5.56 Å². The molecule has 0 saturated heterocycles. The Labute approximate surface area is 186 Å². The van der Waals surface area contributed by atoms with Crippen LogP contribution in [-0.2, 0) is 19.1 Å². The van der Waals surface area contributed by atoms with Crippen LogP contribution in [0, 0.1) is 6.92 Å². The summed E-state index contributed by atoms with van der Waals surface area (Å²) in [6, 6.07) is 12.0. The molecule has 3 heterocycles. The van der Waals surface area contributed by atoms with Gasteiger partial charge in [0.15, 0.2) is 5.82 Å². The van der Waals surface area contributed by atoms with Gasteiger partial charge in [-0.15, -0.1) is 0 Å². The zero-order valence-electron chi connectivity index (χ0n) is 18.6. The van der Waals surface area contributed by atoms with Gasteiger partial charge >= 0.3 is 6.03 Å². The molecule has 0 unspecified atom stereocenters. The van der Waals surface area contributed by atoms with E-state index in [2.05, 4.69) is 38.1 Å². The van der Waals surface area contributed by atoms with Crippen LogP contribution >= 0.6 is 0 Å². The van der Waals surface area contributed by atoms with Gasteiger partial charge in [-0.25, -0.2) is 4.79 Å². The summed E-state index contributed by atoms with van der Waals surface area (Å²) in [5.41, 5.74) is 3.56. The van der Waals surface area contributed by atoms with Crippen LogP contribution in [0.1, 0.15) is 59.2 Å². The molecule has 1 saturated carbocycles. The third-order valence-electron chi connectivity index (χ3n) is 6.51. The number of nitrogens with zero attached hydrogens (tertiary/aromatic N) is 4. The fourth-order valence-electron chi connectivity index (χ4n) is 4.60. The van der Waals surface area contributed by atoms with Crippen LogP contribution in [0.2, 0.25) is 0 Å². The molecule has 1 fully saturated rings. The Kier molecular flexibility index (Phi) is 4.58. The number of urea groups is 1. The first-order valence-corrected chi connectivity index (χ1v) is 10.8. The summed E-state index contributed by atoms with van der Waals surface area (Å²) in [6.45, 7) is 6.17. The normalized spacial score (nSPS) is 20.7. The van der Waals surface area contributed by atoms with Gasteiger partial charge in [-0.3, -0.25) is 14.6 Å². The summed E-state index contributed by atoms with van der Waals surface area (Å²) < 4.78 is 1.54. The predicted octanol–water partition coefficient (Wildman–Crippen LogP) is 3.02. The van der Waals surface area contributed by atoms with Crippen molar-refractivity contribution in [1.29, 1.82) is 0 Å². The highest BCUT2D eigenvalue weighted by Gasteiger charge is 2.46. The number of aromatic amines is 1. The van der Waals surface area contributed by atoms with Crippen molar-refractivity contribution < 1.29 is 9.59 Å². The van der Waals surface area contributed by atoms with Gasteiger partial charge in [0.2, 0.25) is 0 Å². The zero-order chi connectivity index (χ0) is 22.6. The average molecular weight is 434 g/mol. The van der Waals surface area contributed by atoms with Crippen molar-refractivity contribution in [3.05, 3.63) is 64.6 Å². The molecular weight excluding hydrogens is 406 g/mol. The lowest BCUT2D eigenvalue weighted by molar-refractivity contribution is 0.101. The minimum atomic E-state index is -0.574. The molecule has 1 aliphatic heterocycles. The fraction of sp³-hybridized carbons (Fsp3) is 0.391. The molecule has 1 aliphatic carbocycles. The molecule has 9 nitrogen and oxygen atoms in total. The summed E-state index contributed by atoms with van der Waals surface area (Å²) >= 11 is 0. The van der Waals surface area contributed by atoms with Gasteiger partial charge in [-0.05, 0) is 38.8 Å². The molecule has 32 heavy (non-hydrogen) atoms. The number of carbonyl (C=O) groups is 2. The van der Waals surface area contributed by atoms with Gasteiger partial charge < -0.3 is 15.5 Å². The molecule has 3 aromatic rings. The number of fused-ring (bicyclic) bond motifs is 1. The van der Waals surface area contributed by atoms with Crippen molar-refractivity contribution in [3.63, 3.8) is 0 Å². The highest BCUT2D eigenvalue weighted by atomic mass is 16.2. The summed E-state index contributed by atoms with van der Waals surface area (Å²) in [5, 5.41) is 17.6. The molecule has 2 aliphatic rings. The Morgan fingerprint density at radius 2 is 1.97 bits per heavy atom. The van der Waals surface area contributed by atoms with E-state index >= 15 is 0 Å². The number of rotatable bonds is 4. The quantitative estimate of drug-likeness (QED) is 0.588. The van der Waals surface area contributed by atoms with E-state index in [1.807, 2.05) is 39.0 Å². The maximum absolute atomic E-state index is 13.1. The van der Waals surface area contributed by atoms with Crippen LogP contribution in [-0.4, -0.2) is 42.9 Å². The third kappa shape index (κ3) is 3.34. The molecular formula is C23H27N7O2. The number of H-pyrrole nitrogens is 1. The summed E-state index contributed by atoms with van der Waals surface area (Å²) in [5.74, 6) is 0.523. The van der Waals surface area contributed by atoms with E-state index < -0.39 is 5.54 Å². The molecule has 0 spiro atoms. The van der Waals surface area contributed by atoms with E-state index in [0.29, 0.717) is 24.0 Å². The van der Waals surface area contributed by atoms with Crippen molar-refractivity contribution >= 4 is 17.8 Å². The topological polar surface area (TPSA) is 108 Å². The molecule has 5 rings (SSSR count). The van der Waals surface area contributed by atoms with E-state index in [4.69, 9.17) is 0 Å². The molecule has 0 bridgehead atoms. The summed E-state index contributed by atoms with van der Waals surface area (Å²) in [4.78, 5) is 27.7. The molecule has 2 atom stereocenters. The summed E-state index contributed by atoms with van der Waals surface area (Å²) in [6.07, 6.45) is 0.947. The van der Waals surface area contributed by atoms with Gasteiger partial charge in [0.05, 0.1) is 23.5 Å². The Balaban J connectivity index is 1.29. The number of aromatic nitrogens is 4.